The summed E-state index contributed by atoms with van der Waals surface area (Å²) in [6.45, 7) is 4.62. The van der Waals surface area contributed by atoms with Crippen molar-refractivity contribution in [2.24, 2.45) is 5.41 Å². The smallest absolute Gasteiger partial charge is 0.00861 e. The first-order valence-electron chi connectivity index (χ1n) is 7.17. The van der Waals surface area contributed by atoms with Crippen LogP contribution in [0.25, 0.3) is 0 Å². The van der Waals surface area contributed by atoms with Crippen LogP contribution in [0.4, 0.5) is 0 Å². The van der Waals surface area contributed by atoms with E-state index in [-0.39, 0.29) is 0 Å². The second kappa shape index (κ2) is 11.0. The molecule has 0 rings (SSSR count). The van der Waals surface area contributed by atoms with Crippen molar-refractivity contribution in [3.05, 3.63) is 12.2 Å². The number of unbranched alkanes of at least 4 members (excludes halogenated alkanes) is 6. The fourth-order valence-electron chi connectivity index (χ4n) is 1.96. The average Bonchev–Trinajstić information content (AvgIpc) is 2.33. The molecule has 0 aliphatic carbocycles. The maximum Gasteiger partial charge on any atom is 0.00861 e. The van der Waals surface area contributed by atoms with Gasteiger partial charge >= 0.3 is 0 Å². The van der Waals surface area contributed by atoms with Crippen molar-refractivity contribution in [3.63, 3.8) is 0 Å². The van der Waals surface area contributed by atoms with Crippen molar-refractivity contribution in [1.29, 1.82) is 0 Å². The van der Waals surface area contributed by atoms with Crippen molar-refractivity contribution in [1.82, 2.24) is 0 Å². The lowest BCUT2D eigenvalue weighted by molar-refractivity contribution is 0.410. The summed E-state index contributed by atoms with van der Waals surface area (Å²) in [6, 6.07) is 0. The van der Waals surface area contributed by atoms with Gasteiger partial charge in [0.1, 0.15) is 0 Å². The van der Waals surface area contributed by atoms with E-state index in [0.29, 0.717) is 5.41 Å². The van der Waals surface area contributed by atoms with Crippen LogP contribution >= 0.6 is 0 Å². The Bertz CT molecular complexity index is 293. The molecule has 0 aromatic rings. The van der Waals surface area contributed by atoms with E-state index in [9.17, 15) is 0 Å². The summed E-state index contributed by atoms with van der Waals surface area (Å²) in [7, 11) is 0. The molecule has 100 valence electrons. The molecule has 0 bridgehead atoms. The molecule has 0 atom stereocenters. The SMILES string of the molecule is C#CCCCCC=CC(C)(C)CCCCCC#C. The Morgan fingerprint density at radius 3 is 2.11 bits per heavy atom. The molecule has 0 amide bonds. The Labute approximate surface area is 114 Å². The molecule has 0 heterocycles. The van der Waals surface area contributed by atoms with Crippen LogP contribution in [-0.4, -0.2) is 0 Å². The molecule has 0 radical (unpaired) electrons. The summed E-state index contributed by atoms with van der Waals surface area (Å²) < 4.78 is 0. The topological polar surface area (TPSA) is 0 Å². The molecule has 0 heteroatoms. The van der Waals surface area contributed by atoms with Crippen LogP contribution in [-0.2, 0) is 0 Å². The second-order valence-corrected chi connectivity index (χ2v) is 5.61. The minimum Gasteiger partial charge on any atom is -0.120 e. The zero-order valence-corrected chi connectivity index (χ0v) is 12.2. The van der Waals surface area contributed by atoms with Gasteiger partial charge in [0, 0.05) is 12.8 Å². The second-order valence-electron chi connectivity index (χ2n) is 5.61. The van der Waals surface area contributed by atoms with E-state index >= 15 is 0 Å². The van der Waals surface area contributed by atoms with Crippen molar-refractivity contribution >= 4 is 0 Å². The van der Waals surface area contributed by atoms with E-state index in [1.165, 1.54) is 32.1 Å². The lowest BCUT2D eigenvalue weighted by Gasteiger charge is -2.19. The lowest BCUT2D eigenvalue weighted by atomic mass is 9.86. The molecule has 0 aliphatic rings. The van der Waals surface area contributed by atoms with E-state index in [1.54, 1.807) is 0 Å². The summed E-state index contributed by atoms with van der Waals surface area (Å²) in [5, 5.41) is 0. The first-order chi connectivity index (χ1) is 8.62. The van der Waals surface area contributed by atoms with Crippen molar-refractivity contribution in [2.75, 3.05) is 0 Å². The van der Waals surface area contributed by atoms with Crippen molar-refractivity contribution in [2.45, 2.75) is 71.6 Å². The van der Waals surface area contributed by atoms with Gasteiger partial charge in [-0.1, -0.05) is 38.8 Å². The molecule has 0 fully saturated rings. The van der Waals surface area contributed by atoms with Gasteiger partial charge in [-0.3, -0.25) is 0 Å². The first-order valence-corrected chi connectivity index (χ1v) is 7.17. The summed E-state index contributed by atoms with van der Waals surface area (Å²) in [4.78, 5) is 0. The van der Waals surface area contributed by atoms with Crippen LogP contribution in [0, 0.1) is 30.1 Å². The van der Waals surface area contributed by atoms with E-state index < -0.39 is 0 Å². The van der Waals surface area contributed by atoms with Gasteiger partial charge in [0.25, 0.3) is 0 Å². The number of allylic oxidation sites excluding steroid dienone is 2. The predicted octanol–water partition coefficient (Wildman–Crippen LogP) is 5.35. The third-order valence-corrected chi connectivity index (χ3v) is 3.15. The Morgan fingerprint density at radius 1 is 0.889 bits per heavy atom. The minimum absolute atomic E-state index is 0.322. The monoisotopic (exact) mass is 244 g/mol. The number of terminal acetylenes is 2. The summed E-state index contributed by atoms with van der Waals surface area (Å²) in [5.41, 5.74) is 0.322. The quantitative estimate of drug-likeness (QED) is 0.276. The fourth-order valence-corrected chi connectivity index (χ4v) is 1.96. The van der Waals surface area contributed by atoms with Crippen LogP contribution in [0.1, 0.15) is 71.6 Å². The number of hydrogen-bond acceptors (Lipinski definition) is 0. The van der Waals surface area contributed by atoms with Gasteiger partial charge < -0.3 is 0 Å². The summed E-state index contributed by atoms with van der Waals surface area (Å²) >= 11 is 0. The predicted molar refractivity (Wildman–Crippen MR) is 82.1 cm³/mol. The third-order valence-electron chi connectivity index (χ3n) is 3.15. The molecule has 18 heavy (non-hydrogen) atoms. The standard InChI is InChI=1S/C18H28/c1-5-7-9-11-13-15-17-18(3,4)16-14-12-10-8-6-2/h1-2,15,17H,7-14,16H2,3-4H3. The normalized spacial score (nSPS) is 11.3. The fraction of sp³-hybridized carbons (Fsp3) is 0.667. The van der Waals surface area contributed by atoms with Crippen molar-refractivity contribution in [3.8, 4) is 24.7 Å². The Morgan fingerprint density at radius 2 is 1.50 bits per heavy atom. The molecular formula is C18H28. The highest BCUT2D eigenvalue weighted by Crippen LogP contribution is 2.25. The maximum atomic E-state index is 5.24. The highest BCUT2D eigenvalue weighted by molar-refractivity contribution is 4.95. The van der Waals surface area contributed by atoms with Crippen LogP contribution in [0.2, 0.25) is 0 Å². The van der Waals surface area contributed by atoms with Crippen molar-refractivity contribution < 1.29 is 0 Å². The van der Waals surface area contributed by atoms with Gasteiger partial charge in [0.2, 0.25) is 0 Å². The van der Waals surface area contributed by atoms with E-state index in [4.69, 9.17) is 12.8 Å². The van der Waals surface area contributed by atoms with Gasteiger partial charge in [0.15, 0.2) is 0 Å². The zero-order valence-electron chi connectivity index (χ0n) is 12.2. The molecule has 0 spiro atoms. The van der Waals surface area contributed by atoms with Gasteiger partial charge in [-0.05, 0) is 37.5 Å². The minimum atomic E-state index is 0.322. The molecule has 0 aromatic heterocycles. The maximum absolute atomic E-state index is 5.24. The third kappa shape index (κ3) is 11.3. The molecular weight excluding hydrogens is 216 g/mol. The first kappa shape index (κ1) is 16.9. The Kier molecular flexibility index (Phi) is 10.3. The molecule has 0 N–H and O–H groups in total. The highest BCUT2D eigenvalue weighted by Gasteiger charge is 2.12. The number of hydrogen-bond donors (Lipinski definition) is 0. The highest BCUT2D eigenvalue weighted by atomic mass is 14.2. The zero-order chi connectivity index (χ0) is 13.7. The summed E-state index contributed by atoms with van der Waals surface area (Å²) in [6.07, 6.45) is 25.4. The Hall–Kier alpha value is -1.14. The van der Waals surface area contributed by atoms with E-state index in [1.807, 2.05) is 0 Å². The molecule has 0 saturated carbocycles. The van der Waals surface area contributed by atoms with E-state index in [2.05, 4.69) is 37.8 Å². The van der Waals surface area contributed by atoms with Crippen LogP contribution in [0.3, 0.4) is 0 Å². The molecule has 0 aliphatic heterocycles. The summed E-state index contributed by atoms with van der Waals surface area (Å²) in [5.74, 6) is 5.38. The molecule has 0 nitrogen and oxygen atoms in total. The molecule has 0 aromatic carbocycles. The van der Waals surface area contributed by atoms with Crippen LogP contribution < -0.4 is 0 Å². The van der Waals surface area contributed by atoms with Gasteiger partial charge in [-0.25, -0.2) is 0 Å². The van der Waals surface area contributed by atoms with Gasteiger partial charge in [0.05, 0.1) is 0 Å². The van der Waals surface area contributed by atoms with E-state index in [0.717, 1.165) is 25.7 Å². The lowest BCUT2D eigenvalue weighted by Crippen LogP contribution is -2.06. The average molecular weight is 244 g/mol. The number of rotatable bonds is 10. The van der Waals surface area contributed by atoms with Gasteiger partial charge in [-0.15, -0.1) is 24.7 Å². The van der Waals surface area contributed by atoms with Gasteiger partial charge in [-0.2, -0.15) is 0 Å². The molecule has 0 unspecified atom stereocenters. The van der Waals surface area contributed by atoms with Crippen LogP contribution in [0.5, 0.6) is 0 Å². The Balaban J connectivity index is 3.62. The largest absolute Gasteiger partial charge is 0.120 e. The van der Waals surface area contributed by atoms with Crippen LogP contribution in [0.15, 0.2) is 12.2 Å². The molecule has 0 saturated heterocycles.